The minimum atomic E-state index is 0.373. The summed E-state index contributed by atoms with van der Waals surface area (Å²) in [5, 5.41) is 4.67. The predicted octanol–water partition coefficient (Wildman–Crippen LogP) is 2.29. The molecule has 0 atom stereocenters. The van der Waals surface area contributed by atoms with Gasteiger partial charge in [-0.2, -0.15) is 9.61 Å². The summed E-state index contributed by atoms with van der Waals surface area (Å²) in [6.07, 6.45) is 0.820. The van der Waals surface area contributed by atoms with Crippen LogP contribution in [0, 0.1) is 0 Å². The number of nitrogens with two attached hydrogens (primary N) is 1. The van der Waals surface area contributed by atoms with Gasteiger partial charge < -0.3 is 5.73 Å². The molecule has 0 spiro atoms. The molecule has 0 aliphatic heterocycles. The maximum atomic E-state index is 5.80. The maximum Gasteiger partial charge on any atom is 0.173 e. The minimum absolute atomic E-state index is 0.373. The number of aromatic nitrogens is 3. The van der Waals surface area contributed by atoms with E-state index in [0.717, 1.165) is 16.6 Å². The van der Waals surface area contributed by atoms with Crippen LogP contribution in [0.25, 0.3) is 5.65 Å². The highest BCUT2D eigenvalue weighted by Gasteiger charge is 2.12. The summed E-state index contributed by atoms with van der Waals surface area (Å²) in [7, 11) is 0. The molecule has 74 valence electrons. The van der Waals surface area contributed by atoms with Crippen molar-refractivity contribution in [3.05, 3.63) is 21.4 Å². The monoisotopic (exact) mass is 274 g/mol. The van der Waals surface area contributed by atoms with Gasteiger partial charge in [0.1, 0.15) is 11.0 Å². The average molecular weight is 276 g/mol. The zero-order valence-electron chi connectivity index (χ0n) is 7.46. The molecule has 2 rings (SSSR count). The fraction of sp³-hybridized carbons (Fsp3) is 0.250. The Morgan fingerprint density at radius 3 is 3.00 bits per heavy atom. The molecule has 0 saturated heterocycles. The Bertz CT molecular complexity index is 494. The van der Waals surface area contributed by atoms with E-state index in [1.54, 1.807) is 10.6 Å². The van der Waals surface area contributed by atoms with Gasteiger partial charge in [0, 0.05) is 6.07 Å². The molecule has 4 nitrogen and oxygen atoms in total. The normalized spacial score (nSPS) is 11.1. The number of anilines is 1. The standard InChI is InChI=1S/C8H8BrClN4/c1-2-4-7(9)8-12-5(10)3-6(11)14(8)13-4/h3H,2,11H2,1H3. The van der Waals surface area contributed by atoms with Crippen molar-refractivity contribution in [1.82, 2.24) is 14.6 Å². The second kappa shape index (κ2) is 3.40. The minimum Gasteiger partial charge on any atom is -0.383 e. The van der Waals surface area contributed by atoms with Gasteiger partial charge in [0.15, 0.2) is 5.65 Å². The van der Waals surface area contributed by atoms with Crippen LogP contribution in [-0.2, 0) is 6.42 Å². The third-order valence-electron chi connectivity index (χ3n) is 1.93. The van der Waals surface area contributed by atoms with Gasteiger partial charge in [-0.1, -0.05) is 18.5 Å². The Hall–Kier alpha value is -0.810. The van der Waals surface area contributed by atoms with Crippen molar-refractivity contribution in [3.8, 4) is 0 Å². The largest absolute Gasteiger partial charge is 0.383 e. The number of nitrogen functional groups attached to an aromatic ring is 1. The summed E-state index contributed by atoms with van der Waals surface area (Å²) in [5.41, 5.74) is 7.33. The summed E-state index contributed by atoms with van der Waals surface area (Å²) in [4.78, 5) is 4.14. The molecule has 0 aromatic carbocycles. The molecule has 0 bridgehead atoms. The van der Waals surface area contributed by atoms with Crippen LogP contribution in [0.4, 0.5) is 5.82 Å². The number of halogens is 2. The Morgan fingerprint density at radius 1 is 1.64 bits per heavy atom. The first-order valence-electron chi connectivity index (χ1n) is 4.12. The van der Waals surface area contributed by atoms with Crippen molar-refractivity contribution < 1.29 is 0 Å². The van der Waals surface area contributed by atoms with Gasteiger partial charge in [-0.05, 0) is 22.4 Å². The molecule has 0 saturated carbocycles. The van der Waals surface area contributed by atoms with Gasteiger partial charge in [0.2, 0.25) is 0 Å². The number of hydrogen-bond donors (Lipinski definition) is 1. The lowest BCUT2D eigenvalue weighted by molar-refractivity contribution is 0.895. The van der Waals surface area contributed by atoms with Crippen LogP contribution in [-0.4, -0.2) is 14.6 Å². The zero-order valence-corrected chi connectivity index (χ0v) is 9.80. The highest BCUT2D eigenvalue weighted by Crippen LogP contribution is 2.24. The molecule has 0 radical (unpaired) electrons. The molecule has 0 aliphatic carbocycles. The Labute approximate surface area is 94.2 Å². The summed E-state index contributed by atoms with van der Waals surface area (Å²) >= 11 is 9.22. The fourth-order valence-corrected chi connectivity index (χ4v) is 2.06. The highest BCUT2D eigenvalue weighted by atomic mass is 79.9. The quantitative estimate of drug-likeness (QED) is 0.813. The lowest BCUT2D eigenvalue weighted by atomic mass is 10.3. The van der Waals surface area contributed by atoms with Gasteiger partial charge in [-0.3, -0.25) is 0 Å². The van der Waals surface area contributed by atoms with E-state index in [9.17, 15) is 0 Å². The molecular formula is C8H8BrClN4. The van der Waals surface area contributed by atoms with E-state index in [4.69, 9.17) is 17.3 Å². The second-order valence-corrected chi connectivity index (χ2v) is 4.03. The van der Waals surface area contributed by atoms with Crippen molar-refractivity contribution in [2.45, 2.75) is 13.3 Å². The third kappa shape index (κ3) is 1.36. The molecule has 2 aromatic rings. The maximum absolute atomic E-state index is 5.80. The molecule has 2 N–H and O–H groups in total. The fourth-order valence-electron chi connectivity index (χ4n) is 1.25. The second-order valence-electron chi connectivity index (χ2n) is 2.85. The number of aryl methyl sites for hydroxylation is 1. The van der Waals surface area contributed by atoms with Crippen molar-refractivity contribution in [1.29, 1.82) is 0 Å². The third-order valence-corrected chi connectivity index (χ3v) is 2.94. The van der Waals surface area contributed by atoms with Crippen LogP contribution >= 0.6 is 27.5 Å². The summed E-state index contributed by atoms with van der Waals surface area (Å²) in [6, 6.07) is 1.58. The Morgan fingerprint density at radius 2 is 2.36 bits per heavy atom. The molecule has 2 heterocycles. The van der Waals surface area contributed by atoms with Gasteiger partial charge in [0.05, 0.1) is 10.2 Å². The van der Waals surface area contributed by atoms with E-state index < -0.39 is 0 Å². The van der Waals surface area contributed by atoms with Gasteiger partial charge in [-0.15, -0.1) is 0 Å². The topological polar surface area (TPSA) is 56.2 Å². The van der Waals surface area contributed by atoms with Crippen molar-refractivity contribution in [3.63, 3.8) is 0 Å². The van der Waals surface area contributed by atoms with E-state index in [-0.39, 0.29) is 0 Å². The van der Waals surface area contributed by atoms with Crippen LogP contribution in [0.1, 0.15) is 12.6 Å². The van der Waals surface area contributed by atoms with E-state index in [1.165, 1.54) is 0 Å². The number of rotatable bonds is 1. The SMILES string of the molecule is CCc1nn2c(N)cc(Cl)nc2c1Br. The zero-order chi connectivity index (χ0) is 10.3. The molecule has 0 aliphatic rings. The lowest BCUT2D eigenvalue weighted by Gasteiger charge is -1.98. The smallest absolute Gasteiger partial charge is 0.173 e. The Balaban J connectivity index is 2.85. The Kier molecular flexibility index (Phi) is 2.36. The first-order valence-corrected chi connectivity index (χ1v) is 5.29. The predicted molar refractivity (Wildman–Crippen MR) is 59.5 cm³/mol. The van der Waals surface area contributed by atoms with Crippen molar-refractivity contribution >= 4 is 39.0 Å². The summed E-state index contributed by atoms with van der Waals surface area (Å²) in [6.45, 7) is 2.02. The van der Waals surface area contributed by atoms with Crippen LogP contribution < -0.4 is 5.73 Å². The average Bonchev–Trinajstić information content (AvgIpc) is 2.44. The molecule has 0 unspecified atom stereocenters. The van der Waals surface area contributed by atoms with Gasteiger partial charge in [0.25, 0.3) is 0 Å². The van der Waals surface area contributed by atoms with Crippen LogP contribution in [0.5, 0.6) is 0 Å². The van der Waals surface area contributed by atoms with Crippen molar-refractivity contribution in [2.24, 2.45) is 0 Å². The van der Waals surface area contributed by atoms with E-state index in [1.807, 2.05) is 6.92 Å². The molecule has 6 heteroatoms. The van der Waals surface area contributed by atoms with Gasteiger partial charge in [-0.25, -0.2) is 4.98 Å². The number of hydrogen-bond acceptors (Lipinski definition) is 3. The van der Waals surface area contributed by atoms with E-state index >= 15 is 0 Å². The van der Waals surface area contributed by atoms with E-state index in [0.29, 0.717) is 16.6 Å². The lowest BCUT2D eigenvalue weighted by Crippen LogP contribution is -2.00. The molecule has 0 fully saturated rings. The highest BCUT2D eigenvalue weighted by molar-refractivity contribution is 9.10. The molecular weight excluding hydrogens is 267 g/mol. The first-order chi connectivity index (χ1) is 6.63. The summed E-state index contributed by atoms with van der Waals surface area (Å²) < 4.78 is 2.43. The van der Waals surface area contributed by atoms with Crippen molar-refractivity contribution in [2.75, 3.05) is 5.73 Å². The number of nitrogens with zero attached hydrogens (tertiary/aromatic N) is 3. The molecule has 2 aromatic heterocycles. The first kappa shape index (κ1) is 9.73. The summed E-state index contributed by atoms with van der Waals surface area (Å²) in [5.74, 6) is 0.486. The molecule has 0 amide bonds. The number of fused-ring (bicyclic) bond motifs is 1. The van der Waals surface area contributed by atoms with Crippen LogP contribution in [0.15, 0.2) is 10.5 Å². The molecule has 14 heavy (non-hydrogen) atoms. The van der Waals surface area contributed by atoms with Crippen LogP contribution in [0.3, 0.4) is 0 Å². The van der Waals surface area contributed by atoms with Gasteiger partial charge >= 0.3 is 0 Å². The van der Waals surface area contributed by atoms with Crippen LogP contribution in [0.2, 0.25) is 5.15 Å². The van der Waals surface area contributed by atoms with E-state index in [2.05, 4.69) is 26.0 Å².